The van der Waals surface area contributed by atoms with E-state index in [2.05, 4.69) is 4.99 Å². The Hall–Kier alpha value is -1.63. The van der Waals surface area contributed by atoms with Gasteiger partial charge in [0.1, 0.15) is 6.17 Å². The van der Waals surface area contributed by atoms with E-state index in [1.54, 1.807) is 43.3 Å². The summed E-state index contributed by atoms with van der Waals surface area (Å²) in [5, 5.41) is 0.360. The molecule has 2 rings (SSSR count). The summed E-state index contributed by atoms with van der Waals surface area (Å²) in [6.45, 7) is 0. The molecule has 1 saturated heterocycles. The first kappa shape index (κ1) is 16.7. The molecule has 1 fully saturated rings. The Kier molecular flexibility index (Phi) is 5.05. The summed E-state index contributed by atoms with van der Waals surface area (Å²) in [5.41, 5.74) is 0.415. The molecule has 0 N–H and O–H groups in total. The highest BCUT2D eigenvalue weighted by atomic mass is 35.5. The first-order valence-electron chi connectivity index (χ1n) is 6.55. The molecule has 0 bridgehead atoms. The predicted molar refractivity (Wildman–Crippen MR) is 87.7 cm³/mol. The lowest BCUT2D eigenvalue weighted by Crippen LogP contribution is -2.35. The van der Waals surface area contributed by atoms with Crippen molar-refractivity contribution in [2.24, 2.45) is 4.99 Å². The van der Waals surface area contributed by atoms with Crippen LogP contribution in [0.15, 0.2) is 29.3 Å². The maximum Gasteiger partial charge on any atom is 0.337 e. The number of anilines is 1. The predicted octanol–water partition coefficient (Wildman–Crippen LogP) is 2.26. The number of likely N-dealkylation sites (N-methyl/N-ethyl adjacent to an activating group) is 1. The van der Waals surface area contributed by atoms with Gasteiger partial charge in [-0.05, 0) is 26.2 Å². The number of imide groups is 1. The fourth-order valence-electron chi connectivity index (χ4n) is 1.97. The Balaban J connectivity index is 2.54. The lowest BCUT2D eigenvalue weighted by Gasteiger charge is -2.21. The van der Waals surface area contributed by atoms with E-state index in [1.807, 2.05) is 0 Å². The van der Waals surface area contributed by atoms with Crippen LogP contribution in [0.1, 0.15) is 0 Å². The highest BCUT2D eigenvalue weighted by Crippen LogP contribution is 2.29. The molecule has 3 amide bonds. The highest BCUT2D eigenvalue weighted by molar-refractivity contribution is 6.55. The summed E-state index contributed by atoms with van der Waals surface area (Å²) in [7, 11) is 4.99. The third-order valence-electron chi connectivity index (χ3n) is 3.28. The van der Waals surface area contributed by atoms with Crippen LogP contribution in [0.5, 0.6) is 0 Å². The van der Waals surface area contributed by atoms with Crippen LogP contribution < -0.4 is 4.90 Å². The third-order valence-corrected chi connectivity index (χ3v) is 3.88. The average Bonchev–Trinajstić information content (AvgIpc) is 2.69. The normalized spacial score (nSPS) is 18.7. The molecule has 1 aromatic rings. The molecule has 0 aromatic heterocycles. The number of carbonyl (C=O) groups is 2. The summed E-state index contributed by atoms with van der Waals surface area (Å²) >= 11 is 12.0. The molecule has 118 valence electrons. The average molecular weight is 343 g/mol. The summed E-state index contributed by atoms with van der Waals surface area (Å²) in [6, 6.07) is 6.29. The van der Waals surface area contributed by atoms with Crippen molar-refractivity contribution in [2.45, 2.75) is 6.17 Å². The van der Waals surface area contributed by atoms with Gasteiger partial charge in [0.05, 0.1) is 16.6 Å². The van der Waals surface area contributed by atoms with Gasteiger partial charge in [-0.25, -0.2) is 14.7 Å². The van der Waals surface area contributed by atoms with Gasteiger partial charge in [0.15, 0.2) is 0 Å². The summed E-state index contributed by atoms with van der Waals surface area (Å²) in [6.07, 6.45) is -0.426. The van der Waals surface area contributed by atoms with Crippen molar-refractivity contribution in [3.05, 3.63) is 29.3 Å². The number of aliphatic imine (C=N–C) groups is 1. The number of halogens is 2. The SMILES string of the molecule is CN1C(=O)/C(=N\C(CCl)N(C)C)N(c2ccccc2Cl)C1=O. The minimum atomic E-state index is -0.496. The van der Waals surface area contributed by atoms with Gasteiger partial charge in [-0.1, -0.05) is 23.7 Å². The van der Waals surface area contributed by atoms with Crippen molar-refractivity contribution in [1.82, 2.24) is 9.80 Å². The van der Waals surface area contributed by atoms with E-state index >= 15 is 0 Å². The van der Waals surface area contributed by atoms with Gasteiger partial charge in [0.25, 0.3) is 5.91 Å². The van der Waals surface area contributed by atoms with Crippen molar-refractivity contribution in [2.75, 3.05) is 31.9 Å². The summed E-state index contributed by atoms with van der Waals surface area (Å²) < 4.78 is 0. The number of rotatable bonds is 4. The van der Waals surface area contributed by atoms with Crippen LogP contribution in [0.2, 0.25) is 5.02 Å². The fraction of sp³-hybridized carbons (Fsp3) is 0.357. The van der Waals surface area contributed by atoms with Crippen LogP contribution in [0.25, 0.3) is 0 Å². The van der Waals surface area contributed by atoms with Gasteiger partial charge in [-0.3, -0.25) is 14.6 Å². The van der Waals surface area contributed by atoms with E-state index in [-0.39, 0.29) is 11.7 Å². The molecular weight excluding hydrogens is 327 g/mol. The second-order valence-electron chi connectivity index (χ2n) is 4.98. The second kappa shape index (κ2) is 6.64. The van der Waals surface area contributed by atoms with Crippen LogP contribution in [0.3, 0.4) is 0 Å². The number of hydrogen-bond acceptors (Lipinski definition) is 4. The van der Waals surface area contributed by atoms with Crippen molar-refractivity contribution in [3.8, 4) is 0 Å². The zero-order valence-corrected chi connectivity index (χ0v) is 14.0. The standard InChI is InChI=1S/C14H16Cl2N4O2/c1-18(2)11(8-15)17-12-13(21)19(3)14(22)20(12)10-7-5-4-6-9(10)16/h4-7,11H,8H2,1-3H3/b17-12+. The van der Waals surface area contributed by atoms with E-state index in [4.69, 9.17) is 23.2 Å². The zero-order chi connectivity index (χ0) is 16.4. The van der Waals surface area contributed by atoms with E-state index in [0.717, 1.165) is 4.90 Å². The first-order valence-corrected chi connectivity index (χ1v) is 7.46. The van der Waals surface area contributed by atoms with Crippen LogP contribution in [-0.4, -0.2) is 60.8 Å². The largest absolute Gasteiger partial charge is 0.337 e. The molecule has 1 aliphatic rings. The van der Waals surface area contributed by atoms with Gasteiger partial charge in [0, 0.05) is 7.05 Å². The topological polar surface area (TPSA) is 56.2 Å². The van der Waals surface area contributed by atoms with E-state index < -0.39 is 18.1 Å². The number of amidine groups is 1. The highest BCUT2D eigenvalue weighted by Gasteiger charge is 2.42. The zero-order valence-electron chi connectivity index (χ0n) is 12.5. The summed E-state index contributed by atoms with van der Waals surface area (Å²) in [5.74, 6) is -0.278. The van der Waals surface area contributed by atoms with E-state index in [9.17, 15) is 9.59 Å². The molecule has 0 spiro atoms. The minimum Gasteiger partial charge on any atom is -0.287 e. The van der Waals surface area contributed by atoms with Gasteiger partial charge >= 0.3 is 6.03 Å². The Morgan fingerprint density at radius 1 is 1.27 bits per heavy atom. The molecule has 1 heterocycles. The fourth-order valence-corrected chi connectivity index (χ4v) is 2.53. The van der Waals surface area contributed by atoms with Crippen molar-refractivity contribution in [3.63, 3.8) is 0 Å². The Morgan fingerprint density at radius 2 is 1.91 bits per heavy atom. The molecular formula is C14H16Cl2N4O2. The lowest BCUT2D eigenvalue weighted by atomic mass is 10.3. The smallest absolute Gasteiger partial charge is 0.287 e. The van der Waals surface area contributed by atoms with Gasteiger partial charge in [-0.2, -0.15) is 0 Å². The maximum absolute atomic E-state index is 12.4. The Morgan fingerprint density at radius 3 is 2.45 bits per heavy atom. The molecule has 0 radical (unpaired) electrons. The molecule has 0 saturated carbocycles. The van der Waals surface area contributed by atoms with Gasteiger partial charge in [-0.15, -0.1) is 11.6 Å². The monoisotopic (exact) mass is 342 g/mol. The van der Waals surface area contributed by atoms with Crippen LogP contribution >= 0.6 is 23.2 Å². The lowest BCUT2D eigenvalue weighted by molar-refractivity contribution is -0.119. The third kappa shape index (κ3) is 2.95. The molecule has 22 heavy (non-hydrogen) atoms. The second-order valence-corrected chi connectivity index (χ2v) is 5.70. The Labute approximate surface area is 138 Å². The molecule has 1 aliphatic heterocycles. The molecule has 1 atom stereocenters. The Bertz CT molecular complexity index is 633. The van der Waals surface area contributed by atoms with E-state index in [1.165, 1.54) is 11.9 Å². The molecule has 1 unspecified atom stereocenters. The van der Waals surface area contributed by atoms with Gasteiger partial charge in [0.2, 0.25) is 5.84 Å². The summed E-state index contributed by atoms with van der Waals surface area (Å²) in [4.78, 5) is 33.0. The number of amides is 3. The number of urea groups is 1. The number of alkyl halides is 1. The van der Waals surface area contributed by atoms with Crippen molar-refractivity contribution < 1.29 is 9.59 Å². The van der Waals surface area contributed by atoms with E-state index in [0.29, 0.717) is 10.7 Å². The van der Waals surface area contributed by atoms with Crippen molar-refractivity contribution >= 4 is 46.7 Å². The molecule has 6 nitrogen and oxygen atoms in total. The number of hydrogen-bond donors (Lipinski definition) is 0. The number of benzene rings is 1. The number of para-hydroxylation sites is 1. The molecule has 0 aliphatic carbocycles. The number of carbonyl (C=O) groups excluding carboxylic acids is 2. The quantitative estimate of drug-likeness (QED) is 0.623. The van der Waals surface area contributed by atoms with Gasteiger partial charge < -0.3 is 0 Å². The van der Waals surface area contributed by atoms with Crippen LogP contribution in [-0.2, 0) is 4.79 Å². The van der Waals surface area contributed by atoms with Crippen LogP contribution in [0, 0.1) is 0 Å². The number of nitrogens with zero attached hydrogens (tertiary/aromatic N) is 4. The first-order chi connectivity index (χ1) is 10.4. The minimum absolute atomic E-state index is 0.0138. The maximum atomic E-state index is 12.4. The molecule has 1 aromatic carbocycles. The van der Waals surface area contributed by atoms with Crippen molar-refractivity contribution in [1.29, 1.82) is 0 Å². The van der Waals surface area contributed by atoms with Crippen LogP contribution in [0.4, 0.5) is 10.5 Å². The molecule has 8 heteroatoms.